The first-order chi connectivity index (χ1) is 17.2. The maximum Gasteiger partial charge on any atom is 0.326 e. The van der Waals surface area contributed by atoms with E-state index >= 15 is 0 Å². The van der Waals surface area contributed by atoms with Crippen molar-refractivity contribution in [3.8, 4) is 11.5 Å². The molecule has 190 valence electrons. The van der Waals surface area contributed by atoms with E-state index in [4.69, 9.17) is 4.74 Å². The van der Waals surface area contributed by atoms with Crippen LogP contribution in [0.5, 0.6) is 11.5 Å². The van der Waals surface area contributed by atoms with Gasteiger partial charge in [-0.1, -0.05) is 64.1 Å². The fourth-order valence-corrected chi connectivity index (χ4v) is 4.19. The van der Waals surface area contributed by atoms with Gasteiger partial charge in [0.25, 0.3) is 0 Å². The van der Waals surface area contributed by atoms with Gasteiger partial charge in [-0.15, -0.1) is 0 Å². The summed E-state index contributed by atoms with van der Waals surface area (Å²) >= 11 is 0. The minimum atomic E-state index is -0.270. The van der Waals surface area contributed by atoms with E-state index in [0.717, 1.165) is 12.2 Å². The molecule has 0 spiro atoms. The number of hydrogen-bond acceptors (Lipinski definition) is 3. The smallest absolute Gasteiger partial charge is 0.326 e. The number of carbonyl (C=O) groups excluding carboxylic acids is 2. The number of para-hydroxylation sites is 2. The van der Waals surface area contributed by atoms with Crippen molar-refractivity contribution in [1.82, 2.24) is 5.32 Å². The second kappa shape index (κ2) is 12.8. The Morgan fingerprint density at radius 3 is 2.06 bits per heavy atom. The van der Waals surface area contributed by atoms with Gasteiger partial charge in [0.05, 0.1) is 0 Å². The zero-order valence-electron chi connectivity index (χ0n) is 21.7. The van der Waals surface area contributed by atoms with Crippen molar-refractivity contribution in [3.05, 3.63) is 84.9 Å². The predicted octanol–water partition coefficient (Wildman–Crippen LogP) is 7.10. The molecule has 0 saturated heterocycles. The summed E-state index contributed by atoms with van der Waals surface area (Å²) in [5.74, 6) is 1.71. The van der Waals surface area contributed by atoms with E-state index in [1.165, 1.54) is 0 Å². The van der Waals surface area contributed by atoms with Gasteiger partial charge in [0, 0.05) is 30.9 Å². The molecule has 1 atom stereocenters. The first-order valence-corrected chi connectivity index (χ1v) is 12.4. The predicted molar refractivity (Wildman–Crippen MR) is 147 cm³/mol. The van der Waals surface area contributed by atoms with E-state index in [2.05, 4.69) is 38.3 Å². The lowest BCUT2D eigenvalue weighted by molar-refractivity contribution is -0.122. The molecule has 3 aromatic carbocycles. The lowest BCUT2D eigenvalue weighted by atomic mass is 9.84. The summed E-state index contributed by atoms with van der Waals surface area (Å²) in [5, 5.41) is 5.91. The number of nitrogens with one attached hydrogen (secondary N) is 2. The Kier molecular flexibility index (Phi) is 9.51. The summed E-state index contributed by atoms with van der Waals surface area (Å²) in [6.07, 6.45) is 1.45. The Morgan fingerprint density at radius 1 is 0.861 bits per heavy atom. The molecular formula is C30H37N3O3. The molecule has 0 radical (unpaired) electrons. The third kappa shape index (κ3) is 9.10. The lowest BCUT2D eigenvalue weighted by Gasteiger charge is -2.25. The first kappa shape index (κ1) is 26.8. The Morgan fingerprint density at radius 2 is 1.44 bits per heavy atom. The van der Waals surface area contributed by atoms with Crippen molar-refractivity contribution in [3.63, 3.8) is 0 Å². The highest BCUT2D eigenvalue weighted by Gasteiger charge is 2.19. The second-order valence-corrected chi connectivity index (χ2v) is 10.3. The average Bonchev–Trinajstić information content (AvgIpc) is 2.82. The van der Waals surface area contributed by atoms with Crippen LogP contribution in [0.4, 0.5) is 16.2 Å². The zero-order valence-corrected chi connectivity index (χ0v) is 21.7. The first-order valence-electron chi connectivity index (χ1n) is 12.4. The van der Waals surface area contributed by atoms with Crippen LogP contribution in [0.15, 0.2) is 84.9 Å². The quantitative estimate of drug-likeness (QED) is 0.320. The summed E-state index contributed by atoms with van der Waals surface area (Å²) in [4.78, 5) is 27.3. The molecule has 0 aliphatic rings. The highest BCUT2D eigenvalue weighted by atomic mass is 16.5. The molecule has 0 fully saturated rings. The second-order valence-electron chi connectivity index (χ2n) is 10.3. The fraction of sp³-hybridized carbons (Fsp3) is 0.333. The van der Waals surface area contributed by atoms with Crippen LogP contribution in [0.3, 0.4) is 0 Å². The molecule has 3 amide bonds. The molecule has 36 heavy (non-hydrogen) atoms. The topological polar surface area (TPSA) is 70.7 Å². The van der Waals surface area contributed by atoms with Crippen LogP contribution >= 0.6 is 0 Å². The molecular weight excluding hydrogens is 450 g/mol. The third-order valence-corrected chi connectivity index (χ3v) is 5.55. The lowest BCUT2D eigenvalue weighted by Crippen LogP contribution is -2.41. The third-order valence-electron chi connectivity index (χ3n) is 5.55. The van der Waals surface area contributed by atoms with E-state index in [1.54, 1.807) is 4.90 Å². The van der Waals surface area contributed by atoms with Gasteiger partial charge >= 0.3 is 6.03 Å². The number of benzene rings is 3. The standard InChI is InChI=1S/C30H37N3O3/c1-23(22-30(2,3)4)21-28(34)31-19-20-33(29(35)32-24-11-7-5-8-12-24)25-15-17-27(18-16-25)36-26-13-9-6-10-14-26/h5-18,23H,19-22H2,1-4H3,(H,31,34)(H,32,35). The number of carbonyl (C=O) groups is 2. The fourth-order valence-electron chi connectivity index (χ4n) is 4.19. The van der Waals surface area contributed by atoms with Crippen molar-refractivity contribution in [2.24, 2.45) is 11.3 Å². The van der Waals surface area contributed by atoms with Crippen LogP contribution in [0.25, 0.3) is 0 Å². The Bertz CT molecular complexity index is 1090. The number of urea groups is 1. The van der Waals surface area contributed by atoms with E-state index < -0.39 is 0 Å². The van der Waals surface area contributed by atoms with Crippen LogP contribution in [-0.2, 0) is 4.79 Å². The summed E-state index contributed by atoms with van der Waals surface area (Å²) in [6, 6.07) is 25.9. The highest BCUT2D eigenvalue weighted by molar-refractivity contribution is 6.01. The van der Waals surface area contributed by atoms with Crippen LogP contribution in [0.2, 0.25) is 0 Å². The van der Waals surface area contributed by atoms with Gasteiger partial charge in [0.15, 0.2) is 0 Å². The number of hydrogen-bond donors (Lipinski definition) is 2. The average molecular weight is 488 g/mol. The van der Waals surface area contributed by atoms with Crippen molar-refractivity contribution < 1.29 is 14.3 Å². The Hall–Kier alpha value is -3.80. The summed E-state index contributed by atoms with van der Waals surface area (Å²) in [5.41, 5.74) is 1.60. The monoisotopic (exact) mass is 487 g/mol. The van der Waals surface area contributed by atoms with Gasteiger partial charge in [0.1, 0.15) is 11.5 Å². The normalized spacial score (nSPS) is 11.9. The number of nitrogens with zero attached hydrogens (tertiary/aromatic N) is 1. The number of anilines is 2. The number of ether oxygens (including phenoxy) is 1. The minimum Gasteiger partial charge on any atom is -0.457 e. The van der Waals surface area contributed by atoms with Gasteiger partial charge in [-0.05, 0) is 66.3 Å². The van der Waals surface area contributed by atoms with Crippen LogP contribution < -0.4 is 20.3 Å². The Balaban J connectivity index is 1.65. The van der Waals surface area contributed by atoms with Gasteiger partial charge in [0.2, 0.25) is 5.91 Å². The number of rotatable bonds is 10. The molecule has 0 aliphatic carbocycles. The molecule has 6 heteroatoms. The van der Waals surface area contributed by atoms with E-state index in [1.807, 2.05) is 84.9 Å². The summed E-state index contributed by atoms with van der Waals surface area (Å²) in [6.45, 7) is 9.33. The number of amides is 3. The maximum absolute atomic E-state index is 13.2. The summed E-state index contributed by atoms with van der Waals surface area (Å²) < 4.78 is 5.88. The van der Waals surface area contributed by atoms with Crippen LogP contribution in [-0.4, -0.2) is 25.0 Å². The molecule has 0 bridgehead atoms. The SMILES string of the molecule is CC(CC(=O)NCCN(C(=O)Nc1ccccc1)c1ccc(Oc2ccccc2)cc1)CC(C)(C)C. The molecule has 0 saturated carbocycles. The van der Waals surface area contributed by atoms with Gasteiger partial charge in [-0.25, -0.2) is 4.79 Å². The summed E-state index contributed by atoms with van der Waals surface area (Å²) in [7, 11) is 0. The highest BCUT2D eigenvalue weighted by Crippen LogP contribution is 2.26. The van der Waals surface area contributed by atoms with Crippen molar-refractivity contribution in [2.75, 3.05) is 23.3 Å². The molecule has 0 aliphatic heterocycles. The van der Waals surface area contributed by atoms with Gasteiger partial charge in [-0.2, -0.15) is 0 Å². The van der Waals surface area contributed by atoms with Crippen molar-refractivity contribution in [2.45, 2.75) is 40.5 Å². The van der Waals surface area contributed by atoms with E-state index in [-0.39, 0.29) is 17.4 Å². The molecule has 3 aromatic rings. The van der Waals surface area contributed by atoms with Crippen molar-refractivity contribution in [1.29, 1.82) is 0 Å². The molecule has 1 unspecified atom stereocenters. The van der Waals surface area contributed by atoms with E-state index in [9.17, 15) is 9.59 Å². The van der Waals surface area contributed by atoms with Crippen molar-refractivity contribution >= 4 is 23.3 Å². The Labute approximate surface area is 214 Å². The maximum atomic E-state index is 13.2. The zero-order chi connectivity index (χ0) is 26.0. The molecule has 2 N–H and O–H groups in total. The van der Waals surface area contributed by atoms with Gasteiger partial charge in [-0.3, -0.25) is 9.69 Å². The van der Waals surface area contributed by atoms with Crippen LogP contribution in [0.1, 0.15) is 40.5 Å². The molecule has 0 heterocycles. The minimum absolute atomic E-state index is 0.00164. The van der Waals surface area contributed by atoms with Crippen LogP contribution in [0, 0.1) is 11.3 Å². The van der Waals surface area contributed by atoms with E-state index in [0.29, 0.717) is 42.6 Å². The molecule has 0 aromatic heterocycles. The molecule has 3 rings (SSSR count). The van der Waals surface area contributed by atoms with Gasteiger partial charge < -0.3 is 15.4 Å². The largest absolute Gasteiger partial charge is 0.457 e. The molecule has 6 nitrogen and oxygen atoms in total.